The van der Waals surface area contributed by atoms with Crippen molar-refractivity contribution in [2.24, 2.45) is 0 Å². The summed E-state index contributed by atoms with van der Waals surface area (Å²) in [6, 6.07) is 2.67. The maximum absolute atomic E-state index is 13.7. The van der Waals surface area contributed by atoms with Crippen LogP contribution < -0.4 is 5.32 Å². The van der Waals surface area contributed by atoms with E-state index in [1.54, 1.807) is 6.07 Å². The van der Waals surface area contributed by atoms with Crippen LogP contribution in [0.2, 0.25) is 0 Å². The molecule has 2 rings (SSSR count). The fourth-order valence-corrected chi connectivity index (χ4v) is 2.87. The van der Waals surface area contributed by atoms with Crippen LogP contribution in [-0.2, 0) is 13.0 Å². The second kappa shape index (κ2) is 7.13. The van der Waals surface area contributed by atoms with Gasteiger partial charge in [0.2, 0.25) is 0 Å². The SMILES string of the molecule is CCNC(Cc1cnn(CC)c1)c1ccc(F)c(F)c1Br. The fourth-order valence-electron chi connectivity index (χ4n) is 2.27. The summed E-state index contributed by atoms with van der Waals surface area (Å²) < 4.78 is 29.0. The van der Waals surface area contributed by atoms with Crippen molar-refractivity contribution >= 4 is 15.9 Å². The van der Waals surface area contributed by atoms with Crippen LogP contribution in [0.1, 0.15) is 31.0 Å². The number of likely N-dealkylation sites (N-methyl/N-ethyl adjacent to an activating group) is 1. The molecule has 0 aliphatic rings. The van der Waals surface area contributed by atoms with Crippen LogP contribution in [0.5, 0.6) is 0 Å². The molecule has 114 valence electrons. The van der Waals surface area contributed by atoms with Crippen molar-refractivity contribution in [3.05, 3.63) is 51.8 Å². The molecule has 0 aliphatic carbocycles. The molecule has 1 aromatic heterocycles. The molecule has 0 saturated heterocycles. The van der Waals surface area contributed by atoms with Crippen LogP contribution in [-0.4, -0.2) is 16.3 Å². The Morgan fingerprint density at radius 1 is 1.33 bits per heavy atom. The molecule has 0 radical (unpaired) electrons. The van der Waals surface area contributed by atoms with Crippen LogP contribution >= 0.6 is 15.9 Å². The Labute approximate surface area is 131 Å². The Morgan fingerprint density at radius 2 is 2.10 bits per heavy atom. The zero-order valence-electron chi connectivity index (χ0n) is 12.0. The number of benzene rings is 1. The normalized spacial score (nSPS) is 12.6. The molecule has 0 fully saturated rings. The van der Waals surface area contributed by atoms with E-state index in [4.69, 9.17) is 0 Å². The largest absolute Gasteiger partial charge is 0.310 e. The topological polar surface area (TPSA) is 29.9 Å². The van der Waals surface area contributed by atoms with Gasteiger partial charge in [-0.1, -0.05) is 13.0 Å². The van der Waals surface area contributed by atoms with Gasteiger partial charge in [-0.05, 0) is 53.0 Å². The predicted molar refractivity (Wildman–Crippen MR) is 82.1 cm³/mol. The first-order valence-corrected chi connectivity index (χ1v) is 7.74. The lowest BCUT2D eigenvalue weighted by Crippen LogP contribution is -2.23. The van der Waals surface area contributed by atoms with Gasteiger partial charge in [0.15, 0.2) is 11.6 Å². The number of rotatable bonds is 6. The van der Waals surface area contributed by atoms with Gasteiger partial charge in [-0.25, -0.2) is 8.78 Å². The van der Waals surface area contributed by atoms with E-state index >= 15 is 0 Å². The van der Waals surface area contributed by atoms with E-state index in [9.17, 15) is 8.78 Å². The lowest BCUT2D eigenvalue weighted by Gasteiger charge is -2.19. The maximum atomic E-state index is 13.7. The zero-order chi connectivity index (χ0) is 15.4. The highest BCUT2D eigenvalue weighted by Crippen LogP contribution is 2.29. The smallest absolute Gasteiger partial charge is 0.173 e. The van der Waals surface area contributed by atoms with Crippen LogP contribution in [0.4, 0.5) is 8.78 Å². The summed E-state index contributed by atoms with van der Waals surface area (Å²) in [5.74, 6) is -1.70. The average Bonchev–Trinajstić information content (AvgIpc) is 2.92. The van der Waals surface area contributed by atoms with Crippen molar-refractivity contribution in [2.45, 2.75) is 32.9 Å². The van der Waals surface area contributed by atoms with Gasteiger partial charge in [0.1, 0.15) is 0 Å². The highest BCUT2D eigenvalue weighted by Gasteiger charge is 2.19. The minimum Gasteiger partial charge on any atom is -0.310 e. The van der Waals surface area contributed by atoms with E-state index in [1.807, 2.05) is 30.9 Å². The fraction of sp³-hybridized carbons (Fsp3) is 0.400. The summed E-state index contributed by atoms with van der Waals surface area (Å²) in [6.45, 7) is 5.54. The summed E-state index contributed by atoms with van der Waals surface area (Å²) in [6.07, 6.45) is 4.44. The van der Waals surface area contributed by atoms with E-state index in [1.165, 1.54) is 0 Å². The van der Waals surface area contributed by atoms with Crippen molar-refractivity contribution in [3.8, 4) is 0 Å². The molecule has 1 aromatic carbocycles. The van der Waals surface area contributed by atoms with Gasteiger partial charge in [-0.15, -0.1) is 0 Å². The minimum atomic E-state index is -0.848. The monoisotopic (exact) mass is 357 g/mol. The van der Waals surface area contributed by atoms with E-state index < -0.39 is 11.6 Å². The van der Waals surface area contributed by atoms with Gasteiger partial charge in [0, 0.05) is 18.8 Å². The van der Waals surface area contributed by atoms with Crippen molar-refractivity contribution in [2.75, 3.05) is 6.54 Å². The molecule has 1 N–H and O–H groups in total. The Balaban J connectivity index is 2.28. The third kappa shape index (κ3) is 3.68. The third-order valence-corrected chi connectivity index (χ3v) is 4.15. The summed E-state index contributed by atoms with van der Waals surface area (Å²) in [4.78, 5) is 0. The van der Waals surface area contributed by atoms with Gasteiger partial charge in [0.25, 0.3) is 0 Å². The van der Waals surface area contributed by atoms with E-state index in [0.29, 0.717) is 12.0 Å². The third-order valence-electron chi connectivity index (χ3n) is 3.34. The minimum absolute atomic E-state index is 0.103. The molecule has 0 spiro atoms. The lowest BCUT2D eigenvalue weighted by molar-refractivity contribution is 0.491. The van der Waals surface area contributed by atoms with E-state index in [0.717, 1.165) is 24.7 Å². The average molecular weight is 358 g/mol. The highest BCUT2D eigenvalue weighted by molar-refractivity contribution is 9.10. The van der Waals surface area contributed by atoms with Gasteiger partial charge < -0.3 is 5.32 Å². The molecule has 0 aliphatic heterocycles. The van der Waals surface area contributed by atoms with E-state index in [2.05, 4.69) is 26.3 Å². The quantitative estimate of drug-likeness (QED) is 0.796. The Kier molecular flexibility index (Phi) is 5.47. The van der Waals surface area contributed by atoms with Gasteiger partial charge in [-0.3, -0.25) is 4.68 Å². The summed E-state index contributed by atoms with van der Waals surface area (Å²) in [5.41, 5.74) is 1.76. The molecule has 21 heavy (non-hydrogen) atoms. The van der Waals surface area contributed by atoms with Crippen molar-refractivity contribution in [1.29, 1.82) is 0 Å². The molecule has 0 saturated carbocycles. The van der Waals surface area contributed by atoms with Crippen LogP contribution in [0, 0.1) is 11.6 Å². The Bertz CT molecular complexity index is 613. The van der Waals surface area contributed by atoms with Crippen molar-refractivity contribution in [1.82, 2.24) is 15.1 Å². The number of halogens is 3. The highest BCUT2D eigenvalue weighted by atomic mass is 79.9. The predicted octanol–water partition coefficient (Wildman–Crippen LogP) is 3.84. The van der Waals surface area contributed by atoms with Crippen molar-refractivity contribution < 1.29 is 8.78 Å². The molecule has 1 heterocycles. The summed E-state index contributed by atoms with van der Waals surface area (Å²) in [7, 11) is 0. The van der Waals surface area contributed by atoms with Crippen LogP contribution in [0.25, 0.3) is 0 Å². The molecule has 3 nitrogen and oxygen atoms in total. The first kappa shape index (κ1) is 16.1. The molecule has 0 amide bonds. The Hall–Kier alpha value is -1.27. The van der Waals surface area contributed by atoms with Gasteiger partial charge >= 0.3 is 0 Å². The number of aromatic nitrogens is 2. The molecule has 1 atom stereocenters. The molecule has 0 bridgehead atoms. The first-order chi connectivity index (χ1) is 10.1. The van der Waals surface area contributed by atoms with Gasteiger partial charge in [-0.2, -0.15) is 5.10 Å². The second-order valence-electron chi connectivity index (χ2n) is 4.78. The maximum Gasteiger partial charge on any atom is 0.173 e. The summed E-state index contributed by atoms with van der Waals surface area (Å²) >= 11 is 3.16. The zero-order valence-corrected chi connectivity index (χ0v) is 13.6. The molecular weight excluding hydrogens is 340 g/mol. The standard InChI is InChI=1S/C15H18BrF2N3/c1-3-19-13(7-10-8-20-21(4-2)9-10)11-5-6-12(17)15(18)14(11)16/h5-6,8-9,13,19H,3-4,7H2,1-2H3. The van der Waals surface area contributed by atoms with Crippen molar-refractivity contribution in [3.63, 3.8) is 0 Å². The number of hydrogen-bond donors (Lipinski definition) is 1. The summed E-state index contributed by atoms with van der Waals surface area (Å²) in [5, 5.41) is 7.54. The number of hydrogen-bond acceptors (Lipinski definition) is 2. The lowest BCUT2D eigenvalue weighted by atomic mass is 10.0. The van der Waals surface area contributed by atoms with E-state index in [-0.39, 0.29) is 10.5 Å². The number of aryl methyl sites for hydroxylation is 1. The van der Waals surface area contributed by atoms with Crippen LogP contribution in [0.3, 0.4) is 0 Å². The van der Waals surface area contributed by atoms with Crippen LogP contribution in [0.15, 0.2) is 29.0 Å². The number of nitrogens with zero attached hydrogens (tertiary/aromatic N) is 2. The molecular formula is C15H18BrF2N3. The second-order valence-corrected chi connectivity index (χ2v) is 5.58. The number of nitrogens with one attached hydrogen (secondary N) is 1. The first-order valence-electron chi connectivity index (χ1n) is 6.94. The molecule has 2 aromatic rings. The molecule has 6 heteroatoms. The molecule has 1 unspecified atom stereocenters. The Morgan fingerprint density at radius 3 is 2.71 bits per heavy atom. The van der Waals surface area contributed by atoms with Gasteiger partial charge in [0.05, 0.1) is 10.7 Å².